The number of carboxylic acids is 1. The average Bonchev–Trinajstić information content (AvgIpc) is 3.24. The van der Waals surface area contributed by atoms with Crippen molar-refractivity contribution in [2.24, 2.45) is 0 Å². The molecule has 0 saturated heterocycles. The summed E-state index contributed by atoms with van der Waals surface area (Å²) in [6.45, 7) is 5.81. The number of benzene rings is 1. The fourth-order valence-corrected chi connectivity index (χ4v) is 2.32. The number of ether oxygens (including phenoxy) is 1. The smallest absolute Gasteiger partial charge is 0.407 e. The molecular weight excluding hydrogens is 294 g/mol. The van der Waals surface area contributed by atoms with Crippen molar-refractivity contribution >= 4 is 18.1 Å². The molecule has 1 aliphatic carbocycles. The first-order chi connectivity index (χ1) is 10.7. The number of aliphatic carboxylic acids is 1. The summed E-state index contributed by atoms with van der Waals surface area (Å²) in [5, 5.41) is 11.9. The topological polar surface area (TPSA) is 75.6 Å². The monoisotopic (exact) mass is 317 g/mol. The zero-order valence-electron chi connectivity index (χ0n) is 13.8. The molecule has 0 aromatic heterocycles. The molecule has 124 valence electrons. The number of amides is 1. The largest absolute Gasteiger partial charge is 0.481 e. The Morgan fingerprint density at radius 2 is 1.87 bits per heavy atom. The van der Waals surface area contributed by atoms with Crippen LogP contribution in [0.4, 0.5) is 4.79 Å². The van der Waals surface area contributed by atoms with Gasteiger partial charge in [0, 0.05) is 6.54 Å². The lowest BCUT2D eigenvalue weighted by molar-refractivity contribution is -0.140. The number of rotatable bonds is 5. The van der Waals surface area contributed by atoms with Gasteiger partial charge in [-0.25, -0.2) is 4.79 Å². The standard InChI is InChI=1S/C18H23NO4/c1-17(2,3)23-16(22)19-12-4-5-13-6-8-14(9-7-13)18(10-11-18)15(20)21/h4-9H,10-12H2,1-3H3,(H,19,22)(H,20,21). The first-order valence-corrected chi connectivity index (χ1v) is 7.70. The maximum absolute atomic E-state index is 11.5. The quantitative estimate of drug-likeness (QED) is 0.873. The Labute approximate surface area is 136 Å². The van der Waals surface area contributed by atoms with E-state index in [1.54, 1.807) is 0 Å². The molecule has 1 fully saturated rings. The Bertz CT molecular complexity index is 607. The van der Waals surface area contributed by atoms with Crippen molar-refractivity contribution in [2.75, 3.05) is 6.54 Å². The van der Waals surface area contributed by atoms with Gasteiger partial charge in [0.25, 0.3) is 0 Å². The van der Waals surface area contributed by atoms with Gasteiger partial charge in [-0.2, -0.15) is 0 Å². The van der Waals surface area contributed by atoms with E-state index >= 15 is 0 Å². The SMILES string of the molecule is CC(C)(C)OC(=O)NCC=Cc1ccc(C2(C(=O)O)CC2)cc1. The third-order valence-electron chi connectivity index (χ3n) is 3.70. The van der Waals surface area contributed by atoms with E-state index in [-0.39, 0.29) is 0 Å². The zero-order chi connectivity index (χ0) is 17.1. The van der Waals surface area contributed by atoms with Crippen molar-refractivity contribution in [1.82, 2.24) is 5.32 Å². The number of hydrogen-bond donors (Lipinski definition) is 2. The molecule has 1 aromatic carbocycles. The van der Waals surface area contributed by atoms with E-state index in [9.17, 15) is 14.7 Å². The van der Waals surface area contributed by atoms with E-state index in [4.69, 9.17) is 4.74 Å². The van der Waals surface area contributed by atoms with Gasteiger partial charge in [-0.05, 0) is 44.7 Å². The Kier molecular flexibility index (Phi) is 4.78. The van der Waals surface area contributed by atoms with E-state index in [1.165, 1.54) is 0 Å². The van der Waals surface area contributed by atoms with Gasteiger partial charge in [-0.3, -0.25) is 4.79 Å². The number of alkyl carbamates (subject to hydrolysis) is 1. The lowest BCUT2D eigenvalue weighted by atomic mass is 9.95. The van der Waals surface area contributed by atoms with E-state index in [0.29, 0.717) is 19.4 Å². The van der Waals surface area contributed by atoms with Crippen LogP contribution in [-0.4, -0.2) is 29.3 Å². The third-order valence-corrected chi connectivity index (χ3v) is 3.70. The number of hydrogen-bond acceptors (Lipinski definition) is 3. The lowest BCUT2D eigenvalue weighted by Crippen LogP contribution is -2.32. The zero-order valence-corrected chi connectivity index (χ0v) is 13.8. The summed E-state index contributed by atoms with van der Waals surface area (Å²) in [6, 6.07) is 7.51. The lowest BCUT2D eigenvalue weighted by Gasteiger charge is -2.19. The van der Waals surface area contributed by atoms with Gasteiger partial charge in [0.2, 0.25) is 0 Å². The van der Waals surface area contributed by atoms with Crippen LogP contribution in [0.3, 0.4) is 0 Å². The van der Waals surface area contributed by atoms with Crippen LogP contribution in [0, 0.1) is 0 Å². The average molecular weight is 317 g/mol. The number of carbonyl (C=O) groups is 2. The summed E-state index contributed by atoms with van der Waals surface area (Å²) in [4.78, 5) is 22.7. The van der Waals surface area contributed by atoms with Gasteiger partial charge in [-0.1, -0.05) is 36.4 Å². The molecule has 0 bridgehead atoms. The van der Waals surface area contributed by atoms with Crippen LogP contribution in [0.25, 0.3) is 6.08 Å². The van der Waals surface area contributed by atoms with E-state index < -0.39 is 23.1 Å². The summed E-state index contributed by atoms with van der Waals surface area (Å²) in [6.07, 6.45) is 4.66. The Hall–Kier alpha value is -2.30. The van der Waals surface area contributed by atoms with E-state index in [2.05, 4.69) is 5.32 Å². The molecule has 1 aliphatic rings. The second-order valence-corrected chi connectivity index (χ2v) is 6.79. The third kappa shape index (κ3) is 4.58. The van der Waals surface area contributed by atoms with Crippen LogP contribution in [0.1, 0.15) is 44.7 Å². The molecule has 5 heteroatoms. The molecule has 23 heavy (non-hydrogen) atoms. The molecule has 1 saturated carbocycles. The van der Waals surface area contributed by atoms with Gasteiger partial charge in [0.1, 0.15) is 5.60 Å². The predicted molar refractivity (Wildman–Crippen MR) is 88.3 cm³/mol. The number of carbonyl (C=O) groups excluding carboxylic acids is 1. The molecule has 0 aliphatic heterocycles. The molecule has 0 unspecified atom stereocenters. The van der Waals surface area contributed by atoms with Crippen LogP contribution in [0.5, 0.6) is 0 Å². The Morgan fingerprint density at radius 1 is 1.26 bits per heavy atom. The number of nitrogens with one attached hydrogen (secondary N) is 1. The van der Waals surface area contributed by atoms with Crippen molar-refractivity contribution < 1.29 is 19.4 Å². The first-order valence-electron chi connectivity index (χ1n) is 7.70. The van der Waals surface area contributed by atoms with Crippen LogP contribution in [0.2, 0.25) is 0 Å². The number of carboxylic acid groups (broad SMARTS) is 1. The molecule has 1 amide bonds. The van der Waals surface area contributed by atoms with Crippen LogP contribution in [0.15, 0.2) is 30.3 Å². The second-order valence-electron chi connectivity index (χ2n) is 6.79. The second kappa shape index (κ2) is 6.44. The highest BCUT2D eigenvalue weighted by Gasteiger charge is 2.51. The van der Waals surface area contributed by atoms with E-state index in [1.807, 2.05) is 57.2 Å². The fraction of sp³-hybridized carbons (Fsp3) is 0.444. The normalized spacial score (nSPS) is 16.1. The molecule has 0 spiro atoms. The summed E-state index contributed by atoms with van der Waals surface area (Å²) >= 11 is 0. The molecule has 2 rings (SSSR count). The van der Waals surface area contributed by atoms with Crippen LogP contribution in [-0.2, 0) is 14.9 Å². The minimum Gasteiger partial charge on any atom is -0.481 e. The summed E-state index contributed by atoms with van der Waals surface area (Å²) in [7, 11) is 0. The van der Waals surface area contributed by atoms with Gasteiger partial charge in [0.05, 0.1) is 5.41 Å². The molecule has 0 heterocycles. The minimum absolute atomic E-state index is 0.371. The van der Waals surface area contributed by atoms with Crippen molar-refractivity contribution in [3.8, 4) is 0 Å². The Balaban J connectivity index is 1.85. The maximum Gasteiger partial charge on any atom is 0.407 e. The maximum atomic E-state index is 11.5. The van der Waals surface area contributed by atoms with Crippen molar-refractivity contribution in [3.05, 3.63) is 41.5 Å². The van der Waals surface area contributed by atoms with Crippen molar-refractivity contribution in [1.29, 1.82) is 0 Å². The Morgan fingerprint density at radius 3 is 2.35 bits per heavy atom. The summed E-state index contributed by atoms with van der Waals surface area (Å²) < 4.78 is 5.13. The summed E-state index contributed by atoms with van der Waals surface area (Å²) in [5.41, 5.74) is 0.641. The molecule has 2 N–H and O–H groups in total. The molecule has 0 radical (unpaired) electrons. The minimum atomic E-state index is -0.748. The van der Waals surface area contributed by atoms with Gasteiger partial charge in [0.15, 0.2) is 0 Å². The molecule has 1 aromatic rings. The van der Waals surface area contributed by atoms with Crippen LogP contribution >= 0.6 is 0 Å². The van der Waals surface area contributed by atoms with E-state index in [0.717, 1.165) is 11.1 Å². The molecule has 5 nitrogen and oxygen atoms in total. The van der Waals surface area contributed by atoms with Crippen molar-refractivity contribution in [3.63, 3.8) is 0 Å². The van der Waals surface area contributed by atoms with Gasteiger partial charge >= 0.3 is 12.1 Å². The molecule has 0 atom stereocenters. The summed E-state index contributed by atoms with van der Waals surface area (Å²) in [5.74, 6) is -0.748. The highest BCUT2D eigenvalue weighted by atomic mass is 16.6. The van der Waals surface area contributed by atoms with Gasteiger partial charge in [-0.15, -0.1) is 0 Å². The first kappa shape index (κ1) is 17.1. The van der Waals surface area contributed by atoms with Crippen molar-refractivity contribution in [2.45, 2.75) is 44.6 Å². The fourth-order valence-electron chi connectivity index (χ4n) is 2.32. The highest BCUT2D eigenvalue weighted by molar-refractivity contribution is 5.85. The van der Waals surface area contributed by atoms with Gasteiger partial charge < -0.3 is 15.2 Å². The molecular formula is C18H23NO4. The van der Waals surface area contributed by atoms with Crippen LogP contribution < -0.4 is 5.32 Å². The predicted octanol–water partition coefficient (Wildman–Crippen LogP) is 3.34. The highest BCUT2D eigenvalue weighted by Crippen LogP contribution is 2.48.